The van der Waals surface area contributed by atoms with Crippen molar-refractivity contribution in [3.63, 3.8) is 0 Å². The van der Waals surface area contributed by atoms with Crippen molar-refractivity contribution in [3.05, 3.63) is 33.9 Å². The van der Waals surface area contributed by atoms with Crippen LogP contribution in [0.2, 0.25) is 0 Å². The van der Waals surface area contributed by atoms with Crippen molar-refractivity contribution in [2.45, 2.75) is 5.92 Å². The van der Waals surface area contributed by atoms with Gasteiger partial charge in [-0.1, -0.05) is 0 Å². The number of hydrogen-bond donors (Lipinski definition) is 3. The molecule has 15 heavy (non-hydrogen) atoms. The molecule has 0 unspecified atom stereocenters. The lowest BCUT2D eigenvalue weighted by Crippen LogP contribution is -2.11. The summed E-state index contributed by atoms with van der Waals surface area (Å²) in [7, 11) is 0. The number of hydrogen-bond acceptors (Lipinski definition) is 5. The van der Waals surface area contributed by atoms with Crippen LogP contribution in [0.4, 0.5) is 11.4 Å². The highest BCUT2D eigenvalue weighted by Gasteiger charge is 2.21. The second-order valence-corrected chi connectivity index (χ2v) is 3.14. The normalized spacial score (nSPS) is 10.6. The predicted octanol–water partition coefficient (Wildman–Crippen LogP) is 0.245. The lowest BCUT2D eigenvalue weighted by atomic mass is 9.98. The number of aliphatic hydroxyl groups excluding tert-OH is 2. The van der Waals surface area contributed by atoms with E-state index < -0.39 is 10.8 Å². The van der Waals surface area contributed by atoms with Crippen molar-refractivity contribution in [2.24, 2.45) is 0 Å². The molecular formula is C9H12N2O4. The van der Waals surface area contributed by atoms with E-state index in [1.807, 2.05) is 0 Å². The largest absolute Gasteiger partial charge is 0.399 e. The van der Waals surface area contributed by atoms with E-state index in [1.165, 1.54) is 18.2 Å². The first-order valence-corrected chi connectivity index (χ1v) is 4.35. The third-order valence-electron chi connectivity index (χ3n) is 2.13. The van der Waals surface area contributed by atoms with Crippen LogP contribution in [0, 0.1) is 10.1 Å². The molecule has 0 bridgehead atoms. The number of nitro benzene ring substituents is 1. The van der Waals surface area contributed by atoms with Gasteiger partial charge in [0, 0.05) is 23.2 Å². The van der Waals surface area contributed by atoms with Gasteiger partial charge < -0.3 is 15.9 Å². The molecule has 0 heterocycles. The average molecular weight is 212 g/mol. The standard InChI is InChI=1S/C9H12N2O4/c10-7-1-2-8(6(4-12)5-13)9(3-7)11(14)15/h1-3,6,12-13H,4-5,10H2. The Morgan fingerprint density at radius 2 is 2.00 bits per heavy atom. The van der Waals surface area contributed by atoms with Gasteiger partial charge in [0.15, 0.2) is 0 Å². The van der Waals surface area contributed by atoms with Crippen LogP contribution in [0.3, 0.4) is 0 Å². The van der Waals surface area contributed by atoms with Gasteiger partial charge in [-0.15, -0.1) is 0 Å². The van der Waals surface area contributed by atoms with Crippen molar-refractivity contribution in [2.75, 3.05) is 18.9 Å². The molecule has 0 saturated heterocycles. The minimum atomic E-state index is -0.647. The Kier molecular flexibility index (Phi) is 3.59. The molecule has 0 aliphatic carbocycles. The predicted molar refractivity (Wildman–Crippen MR) is 54.4 cm³/mol. The zero-order valence-corrected chi connectivity index (χ0v) is 7.96. The lowest BCUT2D eigenvalue weighted by Gasteiger charge is -2.11. The number of rotatable bonds is 4. The second kappa shape index (κ2) is 4.72. The van der Waals surface area contributed by atoms with E-state index in [1.54, 1.807) is 0 Å². The SMILES string of the molecule is Nc1ccc(C(CO)CO)c([N+](=O)[O-])c1. The smallest absolute Gasteiger partial charge is 0.275 e. The topological polar surface area (TPSA) is 110 Å². The van der Waals surface area contributed by atoms with Crippen molar-refractivity contribution >= 4 is 11.4 Å². The van der Waals surface area contributed by atoms with Crippen molar-refractivity contribution in [3.8, 4) is 0 Å². The number of anilines is 1. The van der Waals surface area contributed by atoms with Gasteiger partial charge in [0.25, 0.3) is 5.69 Å². The summed E-state index contributed by atoms with van der Waals surface area (Å²) in [5, 5.41) is 28.6. The van der Waals surface area contributed by atoms with E-state index >= 15 is 0 Å². The van der Waals surface area contributed by atoms with Crippen LogP contribution in [0.1, 0.15) is 11.5 Å². The molecule has 0 radical (unpaired) electrons. The Bertz CT molecular complexity index is 363. The summed E-state index contributed by atoms with van der Waals surface area (Å²) in [6.45, 7) is -0.692. The van der Waals surface area contributed by atoms with Crippen LogP contribution in [0.5, 0.6) is 0 Å². The Morgan fingerprint density at radius 3 is 2.47 bits per heavy atom. The molecule has 0 atom stereocenters. The summed E-state index contributed by atoms with van der Waals surface area (Å²) in [5.74, 6) is -0.647. The molecule has 0 aliphatic heterocycles. The fourth-order valence-electron chi connectivity index (χ4n) is 1.32. The summed E-state index contributed by atoms with van der Waals surface area (Å²) in [4.78, 5) is 10.1. The van der Waals surface area contributed by atoms with Gasteiger partial charge >= 0.3 is 0 Å². The monoisotopic (exact) mass is 212 g/mol. The Morgan fingerprint density at radius 1 is 1.40 bits per heavy atom. The van der Waals surface area contributed by atoms with E-state index in [0.29, 0.717) is 5.56 Å². The van der Waals surface area contributed by atoms with E-state index in [-0.39, 0.29) is 24.6 Å². The first kappa shape index (κ1) is 11.4. The van der Waals surface area contributed by atoms with E-state index in [2.05, 4.69) is 0 Å². The van der Waals surface area contributed by atoms with Crippen molar-refractivity contribution in [1.82, 2.24) is 0 Å². The molecule has 0 aliphatic rings. The first-order valence-electron chi connectivity index (χ1n) is 4.35. The summed E-state index contributed by atoms with van der Waals surface area (Å²) < 4.78 is 0. The van der Waals surface area contributed by atoms with Gasteiger partial charge in [-0.2, -0.15) is 0 Å². The van der Waals surface area contributed by atoms with E-state index in [4.69, 9.17) is 15.9 Å². The molecule has 0 amide bonds. The third-order valence-corrected chi connectivity index (χ3v) is 2.13. The molecule has 0 saturated carbocycles. The molecule has 1 aromatic rings. The van der Waals surface area contributed by atoms with Gasteiger partial charge in [-0.3, -0.25) is 10.1 Å². The molecule has 0 spiro atoms. The number of nitrogens with two attached hydrogens (primary N) is 1. The number of aliphatic hydroxyl groups is 2. The summed E-state index contributed by atoms with van der Waals surface area (Å²) in [5.41, 5.74) is 5.81. The maximum Gasteiger partial charge on any atom is 0.275 e. The van der Waals surface area contributed by atoms with Gasteiger partial charge in [-0.25, -0.2) is 0 Å². The first-order chi connectivity index (χ1) is 7.10. The molecule has 6 nitrogen and oxygen atoms in total. The fourth-order valence-corrected chi connectivity index (χ4v) is 1.32. The van der Waals surface area contributed by atoms with Gasteiger partial charge in [-0.05, 0) is 12.1 Å². The molecule has 6 heteroatoms. The summed E-state index contributed by atoms with van der Waals surface area (Å²) in [6, 6.07) is 4.17. The van der Waals surface area contributed by atoms with Crippen molar-refractivity contribution in [1.29, 1.82) is 0 Å². The summed E-state index contributed by atoms with van der Waals surface area (Å²) >= 11 is 0. The second-order valence-electron chi connectivity index (χ2n) is 3.14. The van der Waals surface area contributed by atoms with Gasteiger partial charge in [0.05, 0.1) is 18.1 Å². The molecule has 4 N–H and O–H groups in total. The Labute approximate surface area is 86.1 Å². The highest BCUT2D eigenvalue weighted by molar-refractivity contribution is 5.53. The van der Waals surface area contributed by atoms with Crippen LogP contribution in [-0.4, -0.2) is 28.4 Å². The third kappa shape index (κ3) is 2.42. The average Bonchev–Trinajstić information content (AvgIpc) is 2.21. The highest BCUT2D eigenvalue weighted by atomic mass is 16.6. The quantitative estimate of drug-likeness (QED) is 0.376. The highest BCUT2D eigenvalue weighted by Crippen LogP contribution is 2.28. The minimum Gasteiger partial charge on any atom is -0.399 e. The van der Waals surface area contributed by atoms with E-state index in [0.717, 1.165) is 0 Å². The number of nitrogens with zero attached hydrogens (tertiary/aromatic N) is 1. The minimum absolute atomic E-state index is 0.178. The van der Waals surface area contributed by atoms with Crippen LogP contribution in [0.25, 0.3) is 0 Å². The molecule has 1 aromatic carbocycles. The maximum absolute atomic E-state index is 10.7. The molecule has 82 valence electrons. The van der Waals surface area contributed by atoms with Gasteiger partial charge in [0.1, 0.15) is 0 Å². The Balaban J connectivity index is 3.21. The van der Waals surface area contributed by atoms with Crippen LogP contribution in [-0.2, 0) is 0 Å². The van der Waals surface area contributed by atoms with Crippen LogP contribution >= 0.6 is 0 Å². The number of nitrogen functional groups attached to an aromatic ring is 1. The van der Waals surface area contributed by atoms with Crippen molar-refractivity contribution < 1.29 is 15.1 Å². The number of nitro groups is 1. The lowest BCUT2D eigenvalue weighted by molar-refractivity contribution is -0.385. The van der Waals surface area contributed by atoms with Crippen LogP contribution < -0.4 is 5.73 Å². The molecular weight excluding hydrogens is 200 g/mol. The molecule has 1 rings (SSSR count). The van der Waals surface area contributed by atoms with Crippen LogP contribution in [0.15, 0.2) is 18.2 Å². The zero-order valence-electron chi connectivity index (χ0n) is 7.96. The molecule has 0 aromatic heterocycles. The zero-order chi connectivity index (χ0) is 11.4. The van der Waals surface area contributed by atoms with Gasteiger partial charge in [0.2, 0.25) is 0 Å². The summed E-state index contributed by atoms with van der Waals surface area (Å²) in [6.07, 6.45) is 0. The molecule has 0 fully saturated rings. The Hall–Kier alpha value is -1.66. The van der Waals surface area contributed by atoms with E-state index in [9.17, 15) is 10.1 Å². The number of benzene rings is 1. The maximum atomic E-state index is 10.7. The fraction of sp³-hybridized carbons (Fsp3) is 0.333.